The maximum Gasteiger partial charge on any atom is 0.244 e. The van der Waals surface area contributed by atoms with Gasteiger partial charge in [-0.05, 0) is 19.9 Å². The minimum atomic E-state index is -3.55. The maximum absolute atomic E-state index is 12.2. The van der Waals surface area contributed by atoms with Gasteiger partial charge in [0, 0.05) is 26.0 Å². The molecule has 2 heterocycles. The first kappa shape index (κ1) is 13.8. The Hall–Kier alpha value is -1.67. The zero-order valence-electron chi connectivity index (χ0n) is 11.2. The second-order valence-corrected chi connectivity index (χ2v) is 5.94. The quantitative estimate of drug-likeness (QED) is 0.862. The molecule has 0 spiro atoms. The minimum absolute atomic E-state index is 0.204. The van der Waals surface area contributed by atoms with Crippen molar-refractivity contribution in [3.8, 4) is 0 Å². The topological polar surface area (TPSA) is 81.8 Å². The van der Waals surface area contributed by atoms with E-state index >= 15 is 0 Å². The van der Waals surface area contributed by atoms with E-state index in [-0.39, 0.29) is 11.4 Å². The number of aryl methyl sites for hydroxylation is 3. The summed E-state index contributed by atoms with van der Waals surface area (Å²) in [4.78, 5) is 0.219. The first-order valence-electron chi connectivity index (χ1n) is 5.94. The van der Waals surface area contributed by atoms with Gasteiger partial charge in [-0.2, -0.15) is 10.2 Å². The van der Waals surface area contributed by atoms with Gasteiger partial charge in [-0.25, -0.2) is 13.1 Å². The van der Waals surface area contributed by atoms with Gasteiger partial charge in [-0.1, -0.05) is 0 Å². The SMILES string of the molecule is CCn1cc(S(=O)(=O)NCc2ccnn2C)c(C)n1. The number of sulfonamides is 1. The van der Waals surface area contributed by atoms with Crippen LogP contribution in [0.2, 0.25) is 0 Å². The van der Waals surface area contributed by atoms with Crippen LogP contribution in [0.15, 0.2) is 23.4 Å². The number of rotatable bonds is 5. The van der Waals surface area contributed by atoms with Crippen molar-refractivity contribution >= 4 is 10.0 Å². The lowest BCUT2D eigenvalue weighted by molar-refractivity contribution is 0.576. The van der Waals surface area contributed by atoms with Gasteiger partial charge in [0.25, 0.3) is 0 Å². The average molecular weight is 283 g/mol. The van der Waals surface area contributed by atoms with Crippen LogP contribution in [-0.2, 0) is 30.2 Å². The molecule has 0 aliphatic heterocycles. The Balaban J connectivity index is 2.18. The molecule has 0 aliphatic carbocycles. The molecule has 0 unspecified atom stereocenters. The Morgan fingerprint density at radius 3 is 2.68 bits per heavy atom. The van der Waals surface area contributed by atoms with Crippen molar-refractivity contribution in [1.82, 2.24) is 24.3 Å². The number of nitrogens with zero attached hydrogens (tertiary/aromatic N) is 4. The summed E-state index contributed by atoms with van der Waals surface area (Å²) in [6.45, 7) is 4.43. The molecule has 7 nitrogen and oxygen atoms in total. The highest BCUT2D eigenvalue weighted by atomic mass is 32.2. The van der Waals surface area contributed by atoms with Gasteiger partial charge in [0.05, 0.1) is 17.9 Å². The first-order chi connectivity index (χ1) is 8.94. The van der Waals surface area contributed by atoms with Crippen molar-refractivity contribution < 1.29 is 8.42 Å². The second-order valence-electron chi connectivity index (χ2n) is 4.21. The van der Waals surface area contributed by atoms with Gasteiger partial charge >= 0.3 is 0 Å². The van der Waals surface area contributed by atoms with Gasteiger partial charge in [0.2, 0.25) is 10.0 Å². The van der Waals surface area contributed by atoms with Crippen LogP contribution in [0.4, 0.5) is 0 Å². The van der Waals surface area contributed by atoms with Crippen LogP contribution < -0.4 is 4.72 Å². The van der Waals surface area contributed by atoms with Crippen molar-refractivity contribution in [2.45, 2.75) is 31.8 Å². The van der Waals surface area contributed by atoms with E-state index in [1.54, 1.807) is 41.8 Å². The first-order valence-corrected chi connectivity index (χ1v) is 7.43. The standard InChI is InChI=1S/C11H17N5O2S/c1-4-16-8-11(9(2)14-16)19(17,18)13-7-10-5-6-12-15(10)3/h5-6,8,13H,4,7H2,1-3H3. The highest BCUT2D eigenvalue weighted by molar-refractivity contribution is 7.89. The van der Waals surface area contributed by atoms with Crippen molar-refractivity contribution in [2.24, 2.45) is 7.05 Å². The fourth-order valence-electron chi connectivity index (χ4n) is 1.75. The average Bonchev–Trinajstić information content (AvgIpc) is 2.93. The fourth-order valence-corrected chi connectivity index (χ4v) is 2.93. The van der Waals surface area contributed by atoms with Crippen LogP contribution in [0.5, 0.6) is 0 Å². The van der Waals surface area contributed by atoms with Crippen molar-refractivity contribution in [3.63, 3.8) is 0 Å². The van der Waals surface area contributed by atoms with Gasteiger partial charge in [-0.15, -0.1) is 0 Å². The van der Waals surface area contributed by atoms with E-state index in [2.05, 4.69) is 14.9 Å². The van der Waals surface area contributed by atoms with Crippen LogP contribution in [0, 0.1) is 6.92 Å². The van der Waals surface area contributed by atoms with Crippen molar-refractivity contribution in [3.05, 3.63) is 29.8 Å². The van der Waals surface area contributed by atoms with Crippen molar-refractivity contribution in [1.29, 1.82) is 0 Å². The molecule has 0 bridgehead atoms. The third-order valence-corrected chi connectivity index (χ3v) is 4.38. The lowest BCUT2D eigenvalue weighted by Gasteiger charge is -2.05. The van der Waals surface area contributed by atoms with Crippen LogP contribution in [0.3, 0.4) is 0 Å². The van der Waals surface area contributed by atoms with Crippen LogP contribution in [0.1, 0.15) is 18.3 Å². The summed E-state index contributed by atoms with van der Waals surface area (Å²) < 4.78 is 30.2. The van der Waals surface area contributed by atoms with Crippen LogP contribution >= 0.6 is 0 Å². The molecule has 2 aromatic rings. The number of aromatic nitrogens is 4. The second kappa shape index (κ2) is 5.14. The summed E-state index contributed by atoms with van der Waals surface area (Å²) in [5.74, 6) is 0. The Morgan fingerprint density at radius 2 is 2.16 bits per heavy atom. The van der Waals surface area contributed by atoms with E-state index in [1.165, 1.54) is 0 Å². The molecule has 0 radical (unpaired) electrons. The van der Waals surface area contributed by atoms with E-state index in [9.17, 15) is 8.42 Å². The summed E-state index contributed by atoms with van der Waals surface area (Å²) in [6, 6.07) is 1.77. The predicted molar refractivity (Wildman–Crippen MR) is 69.9 cm³/mol. The highest BCUT2D eigenvalue weighted by Crippen LogP contribution is 2.13. The molecule has 19 heavy (non-hydrogen) atoms. The molecule has 0 aromatic carbocycles. The molecule has 104 valence electrons. The molecular formula is C11H17N5O2S. The molecule has 0 atom stereocenters. The molecule has 0 saturated carbocycles. The summed E-state index contributed by atoms with van der Waals surface area (Å²) in [5, 5.41) is 8.13. The molecule has 0 amide bonds. The van der Waals surface area contributed by atoms with Crippen LogP contribution in [0.25, 0.3) is 0 Å². The largest absolute Gasteiger partial charge is 0.271 e. The monoisotopic (exact) mass is 283 g/mol. The summed E-state index contributed by atoms with van der Waals surface area (Å²) >= 11 is 0. The summed E-state index contributed by atoms with van der Waals surface area (Å²) in [5.41, 5.74) is 1.29. The smallest absolute Gasteiger partial charge is 0.244 e. The minimum Gasteiger partial charge on any atom is -0.271 e. The summed E-state index contributed by atoms with van der Waals surface area (Å²) in [7, 11) is -1.78. The highest BCUT2D eigenvalue weighted by Gasteiger charge is 2.20. The van der Waals surface area contributed by atoms with E-state index in [0.29, 0.717) is 12.2 Å². The zero-order valence-corrected chi connectivity index (χ0v) is 12.0. The molecular weight excluding hydrogens is 266 g/mol. The van der Waals surface area contributed by atoms with Gasteiger partial charge in [0.15, 0.2) is 0 Å². The summed E-state index contributed by atoms with van der Waals surface area (Å²) in [6.07, 6.45) is 3.17. The molecule has 0 fully saturated rings. The predicted octanol–water partition coefficient (Wildman–Crippen LogP) is 0.423. The lowest BCUT2D eigenvalue weighted by atomic mass is 10.4. The van der Waals surface area contributed by atoms with Crippen molar-refractivity contribution in [2.75, 3.05) is 0 Å². The lowest BCUT2D eigenvalue weighted by Crippen LogP contribution is -2.24. The normalized spacial score (nSPS) is 11.9. The molecule has 0 saturated heterocycles. The molecule has 0 aliphatic rings. The molecule has 1 N–H and O–H groups in total. The number of nitrogens with one attached hydrogen (secondary N) is 1. The maximum atomic E-state index is 12.2. The van der Waals surface area contributed by atoms with Gasteiger partial charge in [0.1, 0.15) is 4.90 Å². The van der Waals surface area contributed by atoms with Gasteiger partial charge in [-0.3, -0.25) is 9.36 Å². The fraction of sp³-hybridized carbons (Fsp3) is 0.455. The number of hydrogen-bond donors (Lipinski definition) is 1. The molecule has 2 rings (SSSR count). The van der Waals surface area contributed by atoms with E-state index in [0.717, 1.165) is 5.69 Å². The Kier molecular flexibility index (Phi) is 3.72. The third kappa shape index (κ3) is 2.85. The molecule has 8 heteroatoms. The third-order valence-electron chi connectivity index (χ3n) is 2.88. The van der Waals surface area contributed by atoms with E-state index < -0.39 is 10.0 Å². The number of hydrogen-bond acceptors (Lipinski definition) is 4. The Morgan fingerprint density at radius 1 is 1.42 bits per heavy atom. The van der Waals surface area contributed by atoms with E-state index in [4.69, 9.17) is 0 Å². The van der Waals surface area contributed by atoms with Crippen LogP contribution in [-0.4, -0.2) is 28.0 Å². The Labute approximate surface area is 112 Å². The zero-order chi connectivity index (χ0) is 14.0. The van der Waals surface area contributed by atoms with Gasteiger partial charge < -0.3 is 0 Å². The van der Waals surface area contributed by atoms with E-state index in [1.807, 2.05) is 6.92 Å². The Bertz CT molecular complexity index is 671. The molecule has 2 aromatic heterocycles.